The van der Waals surface area contributed by atoms with E-state index in [-0.39, 0.29) is 5.92 Å². The predicted octanol–water partition coefficient (Wildman–Crippen LogP) is 1.22. The van der Waals surface area contributed by atoms with Crippen LogP contribution in [0.15, 0.2) is 24.3 Å². The van der Waals surface area contributed by atoms with Crippen molar-refractivity contribution in [3.8, 4) is 0 Å². The van der Waals surface area contributed by atoms with E-state index >= 15 is 0 Å². The third-order valence-electron chi connectivity index (χ3n) is 4.12. The first-order valence-electron chi connectivity index (χ1n) is 6.91. The molecule has 1 N–H and O–H groups in total. The normalized spacial score (nSPS) is 23.6. The summed E-state index contributed by atoms with van der Waals surface area (Å²) in [7, 11) is 0. The molecule has 1 aliphatic carbocycles. The zero-order chi connectivity index (χ0) is 12.4. The summed E-state index contributed by atoms with van der Waals surface area (Å²) in [5.74, 6) is 0.573. The van der Waals surface area contributed by atoms with Gasteiger partial charge in [0.2, 0.25) is 5.91 Å². The van der Waals surface area contributed by atoms with Crippen LogP contribution >= 0.6 is 0 Å². The predicted molar refractivity (Wildman–Crippen MR) is 71.4 cm³/mol. The van der Waals surface area contributed by atoms with Gasteiger partial charge in [0.1, 0.15) is 0 Å². The van der Waals surface area contributed by atoms with Gasteiger partial charge in [-0.25, -0.2) is 0 Å². The van der Waals surface area contributed by atoms with Crippen LogP contribution in [0.25, 0.3) is 0 Å². The molecule has 1 unspecified atom stereocenters. The maximum Gasteiger partial charge on any atom is 0.226 e. The van der Waals surface area contributed by atoms with E-state index in [2.05, 4.69) is 29.6 Å². The molecule has 0 bridgehead atoms. The summed E-state index contributed by atoms with van der Waals surface area (Å²) >= 11 is 0. The molecule has 1 heterocycles. The zero-order valence-corrected chi connectivity index (χ0v) is 10.7. The molecule has 3 nitrogen and oxygen atoms in total. The third kappa shape index (κ3) is 2.27. The molecular weight excluding hydrogens is 224 g/mol. The van der Waals surface area contributed by atoms with Crippen LogP contribution in [0.2, 0.25) is 0 Å². The molecule has 1 fully saturated rings. The lowest BCUT2D eigenvalue weighted by molar-refractivity contribution is -0.136. The Morgan fingerprint density at radius 2 is 1.89 bits per heavy atom. The SMILES string of the molecule is O=C(C1CCc2ccccc2C1)N1CCNCC1. The lowest BCUT2D eigenvalue weighted by Gasteiger charge is -2.32. The highest BCUT2D eigenvalue weighted by Gasteiger charge is 2.28. The number of hydrogen-bond donors (Lipinski definition) is 1. The summed E-state index contributed by atoms with van der Waals surface area (Å²) in [6.07, 6.45) is 3.00. The second-order valence-corrected chi connectivity index (χ2v) is 5.28. The average molecular weight is 244 g/mol. The van der Waals surface area contributed by atoms with E-state index in [1.54, 1.807) is 0 Å². The lowest BCUT2D eigenvalue weighted by atomic mass is 9.83. The number of hydrogen-bond acceptors (Lipinski definition) is 2. The summed E-state index contributed by atoms with van der Waals surface area (Å²) in [5, 5.41) is 3.29. The first kappa shape index (κ1) is 11.7. The molecular formula is C15H20N2O. The molecule has 3 heteroatoms. The number of carbonyl (C=O) groups is 1. The third-order valence-corrected chi connectivity index (χ3v) is 4.12. The van der Waals surface area contributed by atoms with Crippen LogP contribution in [-0.2, 0) is 17.6 Å². The van der Waals surface area contributed by atoms with Crippen molar-refractivity contribution in [2.45, 2.75) is 19.3 Å². The first-order valence-corrected chi connectivity index (χ1v) is 6.91. The highest BCUT2D eigenvalue weighted by Crippen LogP contribution is 2.26. The fourth-order valence-corrected chi connectivity index (χ4v) is 3.05. The second kappa shape index (κ2) is 5.11. The van der Waals surface area contributed by atoms with Gasteiger partial charge in [-0.2, -0.15) is 0 Å². The van der Waals surface area contributed by atoms with Crippen LogP contribution in [-0.4, -0.2) is 37.0 Å². The van der Waals surface area contributed by atoms with Crippen molar-refractivity contribution in [1.29, 1.82) is 0 Å². The maximum absolute atomic E-state index is 12.5. The van der Waals surface area contributed by atoms with E-state index in [4.69, 9.17) is 0 Å². The molecule has 2 aliphatic rings. The summed E-state index contributed by atoms with van der Waals surface area (Å²) in [5.41, 5.74) is 2.80. The second-order valence-electron chi connectivity index (χ2n) is 5.28. The first-order chi connectivity index (χ1) is 8.84. The molecule has 0 saturated carbocycles. The number of nitrogens with zero attached hydrogens (tertiary/aromatic N) is 1. The fourth-order valence-electron chi connectivity index (χ4n) is 3.05. The Bertz CT molecular complexity index is 438. The van der Waals surface area contributed by atoms with Crippen molar-refractivity contribution in [3.63, 3.8) is 0 Å². The molecule has 1 aromatic carbocycles. The van der Waals surface area contributed by atoms with Gasteiger partial charge in [0.15, 0.2) is 0 Å². The van der Waals surface area contributed by atoms with E-state index in [9.17, 15) is 4.79 Å². The molecule has 3 rings (SSSR count). The Hall–Kier alpha value is -1.35. The molecule has 0 radical (unpaired) electrons. The summed E-state index contributed by atoms with van der Waals surface area (Å²) in [6.45, 7) is 3.62. The van der Waals surface area contributed by atoms with E-state index in [0.717, 1.165) is 45.4 Å². The molecule has 96 valence electrons. The van der Waals surface area contributed by atoms with Gasteiger partial charge in [-0.1, -0.05) is 24.3 Å². The van der Waals surface area contributed by atoms with E-state index < -0.39 is 0 Å². The minimum absolute atomic E-state index is 0.206. The maximum atomic E-state index is 12.5. The number of fused-ring (bicyclic) bond motifs is 1. The molecule has 1 aliphatic heterocycles. The number of aryl methyl sites for hydroxylation is 1. The van der Waals surface area contributed by atoms with Gasteiger partial charge >= 0.3 is 0 Å². The number of piperazine rings is 1. The van der Waals surface area contributed by atoms with Crippen LogP contribution in [0, 0.1) is 5.92 Å². The van der Waals surface area contributed by atoms with Crippen molar-refractivity contribution in [1.82, 2.24) is 10.2 Å². The Morgan fingerprint density at radius 3 is 2.67 bits per heavy atom. The summed E-state index contributed by atoms with van der Waals surface area (Å²) in [6, 6.07) is 8.54. The largest absolute Gasteiger partial charge is 0.340 e. The van der Waals surface area contributed by atoms with Crippen molar-refractivity contribution in [3.05, 3.63) is 35.4 Å². The van der Waals surface area contributed by atoms with E-state index in [1.807, 2.05) is 4.90 Å². The van der Waals surface area contributed by atoms with Gasteiger partial charge in [0, 0.05) is 32.1 Å². The highest BCUT2D eigenvalue weighted by atomic mass is 16.2. The molecule has 0 spiro atoms. The van der Waals surface area contributed by atoms with Crippen LogP contribution in [0.5, 0.6) is 0 Å². The van der Waals surface area contributed by atoms with Gasteiger partial charge in [-0.05, 0) is 30.4 Å². The van der Waals surface area contributed by atoms with Crippen LogP contribution in [0.4, 0.5) is 0 Å². The van der Waals surface area contributed by atoms with Crippen LogP contribution in [0.3, 0.4) is 0 Å². The van der Waals surface area contributed by atoms with Crippen molar-refractivity contribution < 1.29 is 4.79 Å². The lowest BCUT2D eigenvalue weighted by Crippen LogP contribution is -2.49. The Balaban J connectivity index is 1.69. The topological polar surface area (TPSA) is 32.3 Å². The Labute approximate surface area is 108 Å². The minimum atomic E-state index is 0.206. The summed E-state index contributed by atoms with van der Waals surface area (Å²) < 4.78 is 0. The monoisotopic (exact) mass is 244 g/mol. The average Bonchev–Trinajstić information content (AvgIpc) is 2.47. The zero-order valence-electron chi connectivity index (χ0n) is 10.7. The number of benzene rings is 1. The van der Waals surface area contributed by atoms with Crippen molar-refractivity contribution in [2.75, 3.05) is 26.2 Å². The Morgan fingerprint density at radius 1 is 1.17 bits per heavy atom. The van der Waals surface area contributed by atoms with Gasteiger partial charge in [-0.3, -0.25) is 4.79 Å². The molecule has 1 saturated heterocycles. The summed E-state index contributed by atoms with van der Waals surface area (Å²) in [4.78, 5) is 14.5. The van der Waals surface area contributed by atoms with Crippen molar-refractivity contribution in [2.24, 2.45) is 5.92 Å². The Kier molecular flexibility index (Phi) is 3.33. The molecule has 1 amide bonds. The van der Waals surface area contributed by atoms with Crippen LogP contribution < -0.4 is 5.32 Å². The number of rotatable bonds is 1. The van der Waals surface area contributed by atoms with E-state index in [1.165, 1.54) is 11.1 Å². The van der Waals surface area contributed by atoms with Gasteiger partial charge < -0.3 is 10.2 Å². The smallest absolute Gasteiger partial charge is 0.226 e. The molecule has 18 heavy (non-hydrogen) atoms. The van der Waals surface area contributed by atoms with Crippen LogP contribution in [0.1, 0.15) is 17.5 Å². The van der Waals surface area contributed by atoms with E-state index in [0.29, 0.717) is 5.91 Å². The minimum Gasteiger partial charge on any atom is -0.340 e. The van der Waals surface area contributed by atoms with Crippen molar-refractivity contribution >= 4 is 5.91 Å². The van der Waals surface area contributed by atoms with Gasteiger partial charge in [0.25, 0.3) is 0 Å². The van der Waals surface area contributed by atoms with Gasteiger partial charge in [-0.15, -0.1) is 0 Å². The highest BCUT2D eigenvalue weighted by molar-refractivity contribution is 5.79. The number of amides is 1. The fraction of sp³-hybridized carbons (Fsp3) is 0.533. The number of carbonyl (C=O) groups excluding carboxylic acids is 1. The standard InChI is InChI=1S/C15H20N2O/c18-15(17-9-7-16-8-10-17)14-6-5-12-3-1-2-4-13(12)11-14/h1-4,14,16H,5-11H2. The number of nitrogens with one attached hydrogen (secondary N) is 1. The molecule has 1 aromatic rings. The van der Waals surface area contributed by atoms with Gasteiger partial charge in [0.05, 0.1) is 0 Å². The molecule has 0 aromatic heterocycles. The quantitative estimate of drug-likeness (QED) is 0.805. The molecule has 1 atom stereocenters.